The van der Waals surface area contributed by atoms with Crippen molar-refractivity contribution in [3.63, 3.8) is 0 Å². The molecule has 190 valence electrons. The van der Waals surface area contributed by atoms with E-state index in [1.807, 2.05) is 20.8 Å². The van der Waals surface area contributed by atoms with Gasteiger partial charge in [-0.1, -0.05) is 12.1 Å². The van der Waals surface area contributed by atoms with Crippen molar-refractivity contribution in [2.45, 2.75) is 69.2 Å². The van der Waals surface area contributed by atoms with Crippen LogP contribution in [0.4, 0.5) is 4.79 Å². The third-order valence-corrected chi connectivity index (χ3v) is 8.32. The Morgan fingerprint density at radius 1 is 1.20 bits per heavy atom. The van der Waals surface area contributed by atoms with Crippen molar-refractivity contribution >= 4 is 21.9 Å². The van der Waals surface area contributed by atoms with E-state index in [2.05, 4.69) is 9.97 Å². The molecule has 2 aliphatic rings. The van der Waals surface area contributed by atoms with Crippen LogP contribution >= 0.6 is 0 Å². The summed E-state index contributed by atoms with van der Waals surface area (Å²) in [5, 5.41) is 0. The summed E-state index contributed by atoms with van der Waals surface area (Å²) in [6.45, 7) is 7.69. The van der Waals surface area contributed by atoms with Crippen molar-refractivity contribution in [1.82, 2.24) is 19.2 Å². The van der Waals surface area contributed by atoms with Gasteiger partial charge in [0.15, 0.2) is 5.78 Å². The largest absolute Gasteiger partial charge is 0.444 e. The van der Waals surface area contributed by atoms with E-state index in [9.17, 15) is 18.0 Å². The van der Waals surface area contributed by atoms with E-state index in [1.165, 1.54) is 35.5 Å². The standard InChI is InChI=1S/C24H32N4O6S/c1-17(29)18-5-7-21(8-6-18)35(31,32)28-20(13-19-14-25-16-26-19)15-33-24(28)9-11-27(12-10-24)22(30)34-23(2,3)4/h5-8,14,16,20H,9-13,15H2,1-4H3,(H,25,26). The third kappa shape index (κ3) is 5.26. The summed E-state index contributed by atoms with van der Waals surface area (Å²) in [5.41, 5.74) is -0.460. The average Bonchev–Trinajstić information content (AvgIpc) is 3.42. The smallest absolute Gasteiger partial charge is 0.410 e. The summed E-state index contributed by atoms with van der Waals surface area (Å²) < 4.78 is 41.1. The summed E-state index contributed by atoms with van der Waals surface area (Å²) in [7, 11) is -3.98. The van der Waals surface area contributed by atoms with Crippen molar-refractivity contribution in [1.29, 1.82) is 0 Å². The van der Waals surface area contributed by atoms with Gasteiger partial charge in [0.05, 0.1) is 23.9 Å². The lowest BCUT2D eigenvalue weighted by molar-refractivity contribution is -0.0916. The number of rotatable bonds is 5. The van der Waals surface area contributed by atoms with Crippen LogP contribution in [0.25, 0.3) is 0 Å². The Labute approximate surface area is 205 Å². The molecule has 3 heterocycles. The second-order valence-corrected chi connectivity index (χ2v) is 11.9. The zero-order chi connectivity index (χ0) is 25.4. The van der Waals surface area contributed by atoms with Gasteiger partial charge in [-0.2, -0.15) is 4.31 Å². The number of sulfonamides is 1. The first-order valence-corrected chi connectivity index (χ1v) is 13.1. The van der Waals surface area contributed by atoms with Gasteiger partial charge in [0.2, 0.25) is 10.0 Å². The number of H-pyrrole nitrogens is 1. The van der Waals surface area contributed by atoms with E-state index < -0.39 is 33.5 Å². The molecule has 2 fully saturated rings. The minimum atomic E-state index is -3.98. The number of imidazole rings is 1. The fourth-order valence-corrected chi connectivity index (χ4v) is 6.54. The minimum absolute atomic E-state index is 0.0940. The summed E-state index contributed by atoms with van der Waals surface area (Å²) in [4.78, 5) is 33.0. The molecule has 0 radical (unpaired) electrons. The number of ether oxygens (including phenoxy) is 2. The van der Waals surface area contributed by atoms with Crippen LogP contribution in [-0.4, -0.2) is 76.5 Å². The van der Waals surface area contributed by atoms with Gasteiger partial charge < -0.3 is 19.4 Å². The molecule has 11 heteroatoms. The van der Waals surface area contributed by atoms with Crippen LogP contribution in [0.3, 0.4) is 0 Å². The number of amides is 1. The van der Waals surface area contributed by atoms with Gasteiger partial charge in [-0.15, -0.1) is 0 Å². The lowest BCUT2D eigenvalue weighted by Crippen LogP contribution is -2.58. The van der Waals surface area contributed by atoms with E-state index in [0.29, 0.717) is 37.9 Å². The molecule has 0 aliphatic carbocycles. The summed E-state index contributed by atoms with van der Waals surface area (Å²) >= 11 is 0. The Bertz CT molecular complexity index is 1160. The maximum absolute atomic E-state index is 14.0. The minimum Gasteiger partial charge on any atom is -0.444 e. The third-order valence-electron chi connectivity index (χ3n) is 6.30. The highest BCUT2D eigenvalue weighted by Crippen LogP contribution is 2.42. The summed E-state index contributed by atoms with van der Waals surface area (Å²) in [6.07, 6.45) is 3.84. The zero-order valence-corrected chi connectivity index (χ0v) is 21.3. The van der Waals surface area contributed by atoms with E-state index >= 15 is 0 Å². The first-order valence-electron chi connectivity index (χ1n) is 11.7. The highest BCUT2D eigenvalue weighted by atomic mass is 32.2. The molecule has 1 aromatic carbocycles. The molecule has 10 nitrogen and oxygen atoms in total. The molecule has 1 atom stereocenters. The van der Waals surface area contributed by atoms with Crippen LogP contribution in [0.5, 0.6) is 0 Å². The first kappa shape index (κ1) is 25.3. The Balaban J connectivity index is 1.63. The number of aromatic nitrogens is 2. The first-order chi connectivity index (χ1) is 16.4. The Morgan fingerprint density at radius 2 is 1.86 bits per heavy atom. The van der Waals surface area contributed by atoms with Crippen molar-refractivity contribution in [2.75, 3.05) is 19.7 Å². The van der Waals surface area contributed by atoms with E-state index in [4.69, 9.17) is 9.47 Å². The fraction of sp³-hybridized carbons (Fsp3) is 0.542. The maximum Gasteiger partial charge on any atom is 0.410 e. The monoisotopic (exact) mass is 504 g/mol. The summed E-state index contributed by atoms with van der Waals surface area (Å²) in [5.74, 6) is -0.137. The second-order valence-electron chi connectivity index (χ2n) is 10.0. The lowest BCUT2D eigenvalue weighted by Gasteiger charge is -2.44. The molecular formula is C24H32N4O6S. The second kappa shape index (κ2) is 9.36. The number of carbonyl (C=O) groups is 2. The predicted molar refractivity (Wildman–Crippen MR) is 127 cm³/mol. The molecule has 2 saturated heterocycles. The maximum atomic E-state index is 14.0. The van der Waals surface area contributed by atoms with Gasteiger partial charge in [-0.05, 0) is 39.8 Å². The van der Waals surface area contributed by atoms with Crippen molar-refractivity contribution in [3.05, 3.63) is 48.0 Å². The van der Waals surface area contributed by atoms with Crippen LogP contribution in [-0.2, 0) is 25.9 Å². The predicted octanol–water partition coefficient (Wildman–Crippen LogP) is 2.97. The van der Waals surface area contributed by atoms with Crippen LogP contribution < -0.4 is 0 Å². The van der Waals surface area contributed by atoms with Crippen LogP contribution in [0.15, 0.2) is 41.7 Å². The van der Waals surface area contributed by atoms with Gasteiger partial charge in [0.25, 0.3) is 0 Å². The number of hydrogen-bond donors (Lipinski definition) is 1. The molecule has 0 saturated carbocycles. The number of likely N-dealkylation sites (tertiary alicyclic amines) is 1. The van der Waals surface area contributed by atoms with Gasteiger partial charge >= 0.3 is 6.09 Å². The quantitative estimate of drug-likeness (QED) is 0.621. The number of ketones is 1. The topological polar surface area (TPSA) is 122 Å². The molecule has 0 bridgehead atoms. The number of benzene rings is 1. The number of carbonyl (C=O) groups excluding carboxylic acids is 2. The molecule has 1 N–H and O–H groups in total. The Hall–Kier alpha value is -2.76. The molecule has 1 spiro atoms. The molecule has 2 aromatic rings. The molecule has 1 amide bonds. The van der Waals surface area contributed by atoms with Crippen molar-refractivity contribution in [2.24, 2.45) is 0 Å². The van der Waals surface area contributed by atoms with E-state index in [0.717, 1.165) is 5.69 Å². The highest BCUT2D eigenvalue weighted by molar-refractivity contribution is 7.89. The van der Waals surface area contributed by atoms with Crippen molar-refractivity contribution < 1.29 is 27.5 Å². The average molecular weight is 505 g/mol. The highest BCUT2D eigenvalue weighted by Gasteiger charge is 2.55. The number of nitrogens with zero attached hydrogens (tertiary/aromatic N) is 3. The molecular weight excluding hydrogens is 472 g/mol. The summed E-state index contributed by atoms with van der Waals surface area (Å²) in [6, 6.07) is 5.50. The number of piperidine rings is 1. The van der Waals surface area contributed by atoms with Gasteiger partial charge in [0.1, 0.15) is 11.3 Å². The lowest BCUT2D eigenvalue weighted by atomic mass is 10.00. The van der Waals surface area contributed by atoms with E-state index in [-0.39, 0.29) is 17.3 Å². The molecule has 1 unspecified atom stereocenters. The SMILES string of the molecule is CC(=O)c1ccc(S(=O)(=O)N2C(Cc3cnc[nH]3)COC23CCN(C(=O)OC(C)(C)C)CC3)cc1. The Morgan fingerprint density at radius 3 is 2.40 bits per heavy atom. The number of nitrogens with one attached hydrogen (secondary N) is 1. The molecule has 1 aromatic heterocycles. The van der Waals surface area contributed by atoms with Gasteiger partial charge in [0, 0.05) is 49.8 Å². The Kier molecular flexibility index (Phi) is 6.78. The molecule has 35 heavy (non-hydrogen) atoms. The van der Waals surface area contributed by atoms with E-state index in [1.54, 1.807) is 17.4 Å². The van der Waals surface area contributed by atoms with Crippen molar-refractivity contribution in [3.8, 4) is 0 Å². The van der Waals surface area contributed by atoms with Gasteiger partial charge in [-0.25, -0.2) is 18.2 Å². The van der Waals surface area contributed by atoms with Gasteiger partial charge in [-0.3, -0.25) is 4.79 Å². The number of Topliss-reactive ketones (excluding diaryl/α,β-unsaturated/α-hetero) is 1. The number of hydrogen-bond acceptors (Lipinski definition) is 7. The zero-order valence-electron chi connectivity index (χ0n) is 20.5. The van der Waals surface area contributed by atoms with Crippen LogP contribution in [0, 0.1) is 0 Å². The molecule has 4 rings (SSSR count). The normalized spacial score (nSPS) is 20.8. The fourth-order valence-electron chi connectivity index (χ4n) is 4.63. The number of aromatic amines is 1. The van der Waals surface area contributed by atoms with Crippen LogP contribution in [0.2, 0.25) is 0 Å². The van der Waals surface area contributed by atoms with Crippen LogP contribution in [0.1, 0.15) is 56.6 Å². The molecule has 2 aliphatic heterocycles.